The van der Waals surface area contributed by atoms with Gasteiger partial charge in [0.25, 0.3) is 0 Å². The minimum Gasteiger partial charge on any atom is -0.550 e. The average molecular weight is 311 g/mol. The van der Waals surface area contributed by atoms with Crippen LogP contribution in [0.15, 0.2) is 60.7 Å². The van der Waals surface area contributed by atoms with E-state index in [9.17, 15) is 19.5 Å². The van der Waals surface area contributed by atoms with E-state index < -0.39 is 24.5 Å². The number of Topliss-reactive ketones (excluding diaryl/α,β-unsaturated/α-hetero) is 1. The van der Waals surface area contributed by atoms with Gasteiger partial charge in [-0.2, -0.15) is 0 Å². The van der Waals surface area contributed by atoms with Crippen molar-refractivity contribution in [1.29, 1.82) is 0 Å². The van der Waals surface area contributed by atoms with E-state index in [0.717, 1.165) is 0 Å². The summed E-state index contributed by atoms with van der Waals surface area (Å²) in [7, 11) is 0. The van der Waals surface area contributed by atoms with Crippen molar-refractivity contribution in [2.45, 2.75) is 18.9 Å². The zero-order chi connectivity index (χ0) is 16.7. The number of hydrogen-bond acceptors (Lipinski definition) is 5. The molecule has 2 aromatic rings. The third-order valence-electron chi connectivity index (χ3n) is 3.18. The van der Waals surface area contributed by atoms with E-state index in [1.807, 2.05) is 0 Å². The van der Waals surface area contributed by atoms with Gasteiger partial charge in [-0.1, -0.05) is 60.7 Å². The molecule has 0 unspecified atom stereocenters. The molecule has 0 aromatic heterocycles. The largest absolute Gasteiger partial charge is 0.550 e. The summed E-state index contributed by atoms with van der Waals surface area (Å²) < 4.78 is 5.22. The lowest BCUT2D eigenvalue weighted by Gasteiger charge is -2.17. The van der Waals surface area contributed by atoms with E-state index in [1.165, 1.54) is 0 Å². The second kappa shape index (κ2) is 7.89. The lowest BCUT2D eigenvalue weighted by molar-refractivity contribution is -0.305. The lowest BCUT2D eigenvalue weighted by atomic mass is 10.00. The highest BCUT2D eigenvalue weighted by Crippen LogP contribution is 2.23. The van der Waals surface area contributed by atoms with Gasteiger partial charge >= 0.3 is 5.97 Å². The first kappa shape index (κ1) is 16.4. The molecule has 5 heteroatoms. The van der Waals surface area contributed by atoms with Gasteiger partial charge in [0.2, 0.25) is 5.78 Å². The summed E-state index contributed by atoms with van der Waals surface area (Å²) in [6.45, 7) is 0. The minimum atomic E-state index is -1.34. The SMILES string of the molecule is O=C([O-])CCC(=O)O[C@H](C(=O)c1ccccc1)c1ccccc1. The monoisotopic (exact) mass is 311 g/mol. The molecule has 0 bridgehead atoms. The Hall–Kier alpha value is -2.95. The van der Waals surface area contributed by atoms with Crippen molar-refractivity contribution >= 4 is 17.7 Å². The maximum Gasteiger partial charge on any atom is 0.307 e. The Kier molecular flexibility index (Phi) is 5.63. The maximum absolute atomic E-state index is 12.6. The van der Waals surface area contributed by atoms with Gasteiger partial charge in [0.1, 0.15) is 0 Å². The van der Waals surface area contributed by atoms with Crippen LogP contribution in [-0.2, 0) is 14.3 Å². The Balaban J connectivity index is 2.21. The van der Waals surface area contributed by atoms with E-state index in [-0.39, 0.29) is 12.2 Å². The second-order valence-electron chi connectivity index (χ2n) is 4.88. The summed E-state index contributed by atoms with van der Waals surface area (Å²) in [6, 6.07) is 17.1. The van der Waals surface area contributed by atoms with E-state index in [4.69, 9.17) is 4.74 Å². The molecule has 118 valence electrons. The zero-order valence-corrected chi connectivity index (χ0v) is 12.3. The summed E-state index contributed by atoms with van der Waals surface area (Å²) >= 11 is 0. The molecule has 0 aliphatic heterocycles. The van der Waals surface area contributed by atoms with Crippen molar-refractivity contribution in [3.8, 4) is 0 Å². The Labute approximate surface area is 133 Å². The van der Waals surface area contributed by atoms with E-state index in [2.05, 4.69) is 0 Å². The molecule has 2 rings (SSSR count). The molecular weight excluding hydrogens is 296 g/mol. The van der Waals surface area contributed by atoms with Gasteiger partial charge in [-0.3, -0.25) is 9.59 Å². The van der Waals surface area contributed by atoms with Gasteiger partial charge in [-0.25, -0.2) is 0 Å². The number of carboxylic acids is 1. The molecule has 0 spiro atoms. The Morgan fingerprint density at radius 2 is 1.43 bits per heavy atom. The molecule has 0 N–H and O–H groups in total. The average Bonchev–Trinajstić information content (AvgIpc) is 2.59. The highest BCUT2D eigenvalue weighted by Gasteiger charge is 2.25. The number of aliphatic carboxylic acids is 1. The molecule has 0 heterocycles. The molecule has 0 aliphatic carbocycles. The number of hydrogen-bond donors (Lipinski definition) is 0. The van der Waals surface area contributed by atoms with Gasteiger partial charge in [-0.15, -0.1) is 0 Å². The molecule has 5 nitrogen and oxygen atoms in total. The number of carbonyl (C=O) groups excluding carboxylic acids is 3. The lowest BCUT2D eigenvalue weighted by Crippen LogP contribution is -2.25. The minimum absolute atomic E-state index is 0.340. The van der Waals surface area contributed by atoms with Gasteiger partial charge in [0.15, 0.2) is 6.10 Å². The molecule has 0 saturated heterocycles. The fourth-order valence-corrected chi connectivity index (χ4v) is 2.05. The van der Waals surface area contributed by atoms with Crippen LogP contribution < -0.4 is 5.11 Å². The molecule has 0 aliphatic rings. The van der Waals surface area contributed by atoms with Crippen LogP contribution in [0.25, 0.3) is 0 Å². The van der Waals surface area contributed by atoms with Crippen molar-refractivity contribution in [2.75, 3.05) is 0 Å². The summed E-state index contributed by atoms with van der Waals surface area (Å²) in [5.41, 5.74) is 0.942. The molecule has 23 heavy (non-hydrogen) atoms. The number of carbonyl (C=O) groups is 3. The summed E-state index contributed by atoms with van der Waals surface area (Å²) in [6.07, 6.45) is -1.89. The van der Waals surface area contributed by atoms with Crippen LogP contribution in [0.5, 0.6) is 0 Å². The number of carboxylic acid groups (broad SMARTS) is 1. The standard InChI is InChI=1S/C18H16O5/c19-15(20)11-12-16(21)23-18(14-9-5-2-6-10-14)17(22)13-7-3-1-4-8-13/h1-10,18H,11-12H2,(H,19,20)/p-1/t18-/m0/s1. The fraction of sp³-hybridized carbons (Fsp3) is 0.167. The van der Waals surface area contributed by atoms with Crippen LogP contribution >= 0.6 is 0 Å². The third-order valence-corrected chi connectivity index (χ3v) is 3.18. The van der Waals surface area contributed by atoms with Gasteiger partial charge in [0.05, 0.1) is 6.42 Å². The van der Waals surface area contributed by atoms with Crippen LogP contribution in [-0.4, -0.2) is 17.7 Å². The summed E-state index contributed by atoms with van der Waals surface area (Å²) in [5, 5.41) is 10.4. The smallest absolute Gasteiger partial charge is 0.307 e. The maximum atomic E-state index is 12.6. The van der Waals surface area contributed by atoms with Gasteiger partial charge < -0.3 is 14.6 Å². The topological polar surface area (TPSA) is 83.5 Å². The molecule has 0 radical (unpaired) electrons. The molecule has 2 aromatic carbocycles. The van der Waals surface area contributed by atoms with Crippen LogP contribution in [0.2, 0.25) is 0 Å². The van der Waals surface area contributed by atoms with Crippen molar-refractivity contribution in [3.63, 3.8) is 0 Å². The predicted octanol–water partition coefficient (Wildman–Crippen LogP) is 1.68. The van der Waals surface area contributed by atoms with Crippen molar-refractivity contribution < 1.29 is 24.2 Å². The van der Waals surface area contributed by atoms with Crippen LogP contribution in [0.3, 0.4) is 0 Å². The third kappa shape index (κ3) is 4.78. The van der Waals surface area contributed by atoms with E-state index >= 15 is 0 Å². The van der Waals surface area contributed by atoms with Crippen molar-refractivity contribution in [1.82, 2.24) is 0 Å². The first-order chi connectivity index (χ1) is 11.1. The van der Waals surface area contributed by atoms with Crippen LogP contribution in [0.1, 0.15) is 34.9 Å². The Morgan fingerprint density at radius 1 is 0.870 bits per heavy atom. The molecule has 0 amide bonds. The predicted molar refractivity (Wildman–Crippen MR) is 80.3 cm³/mol. The molecule has 0 saturated carbocycles. The Bertz CT molecular complexity index is 679. The highest BCUT2D eigenvalue weighted by molar-refractivity contribution is 6.01. The first-order valence-electron chi connectivity index (χ1n) is 7.11. The van der Waals surface area contributed by atoms with E-state index in [0.29, 0.717) is 11.1 Å². The first-order valence-corrected chi connectivity index (χ1v) is 7.11. The number of ether oxygens (including phenoxy) is 1. The zero-order valence-electron chi connectivity index (χ0n) is 12.3. The fourth-order valence-electron chi connectivity index (χ4n) is 2.05. The second-order valence-corrected chi connectivity index (χ2v) is 4.88. The van der Waals surface area contributed by atoms with Gasteiger partial charge in [-0.05, 0) is 6.42 Å². The Morgan fingerprint density at radius 3 is 2.00 bits per heavy atom. The van der Waals surface area contributed by atoms with E-state index in [1.54, 1.807) is 60.7 Å². The van der Waals surface area contributed by atoms with Crippen molar-refractivity contribution in [3.05, 3.63) is 71.8 Å². The molecule has 0 fully saturated rings. The number of ketones is 1. The number of esters is 1. The summed E-state index contributed by atoms with van der Waals surface area (Å²) in [4.78, 5) is 34.8. The van der Waals surface area contributed by atoms with Crippen molar-refractivity contribution in [2.24, 2.45) is 0 Å². The molecular formula is C18H15O5-. The normalized spacial score (nSPS) is 11.5. The summed E-state index contributed by atoms with van der Waals surface area (Å²) in [5.74, 6) is -2.46. The quantitative estimate of drug-likeness (QED) is 0.574. The molecule has 1 atom stereocenters. The van der Waals surface area contributed by atoms with Crippen LogP contribution in [0.4, 0.5) is 0 Å². The highest BCUT2D eigenvalue weighted by atomic mass is 16.5. The number of rotatable bonds is 7. The van der Waals surface area contributed by atoms with Crippen LogP contribution in [0, 0.1) is 0 Å². The van der Waals surface area contributed by atoms with Gasteiger partial charge in [0, 0.05) is 17.1 Å². The number of benzene rings is 2.